The van der Waals surface area contributed by atoms with Crippen LogP contribution in [0.5, 0.6) is 0 Å². The predicted molar refractivity (Wildman–Crippen MR) is 153 cm³/mol. The standard InChI is InChI=1S/C32H62O4/c1-5-9-11-13-15-16-17-18-19-20-21-23-25-27-29-36-31(34)32(7-3,8-4)30(33)35-28-26-24-22-14-12-10-6-2/h5-29H2,1-4H3. The second kappa shape index (κ2) is 25.6. The summed E-state index contributed by atoms with van der Waals surface area (Å²) in [6.07, 6.45) is 27.3. The van der Waals surface area contributed by atoms with Crippen molar-refractivity contribution in [1.82, 2.24) is 0 Å². The first-order valence-electron chi connectivity index (χ1n) is 15.9. The molecular weight excluding hydrogens is 448 g/mol. The molecule has 0 N–H and O–H groups in total. The van der Waals surface area contributed by atoms with Crippen molar-refractivity contribution in [3.8, 4) is 0 Å². The van der Waals surface area contributed by atoms with E-state index in [2.05, 4.69) is 13.8 Å². The molecule has 0 spiro atoms. The molecule has 0 aliphatic carbocycles. The van der Waals surface area contributed by atoms with Gasteiger partial charge in [0.2, 0.25) is 0 Å². The molecule has 0 radical (unpaired) electrons. The minimum atomic E-state index is -1.14. The lowest BCUT2D eigenvalue weighted by molar-refractivity contribution is -0.173. The lowest BCUT2D eigenvalue weighted by atomic mass is 9.82. The monoisotopic (exact) mass is 510 g/mol. The van der Waals surface area contributed by atoms with E-state index < -0.39 is 17.4 Å². The smallest absolute Gasteiger partial charge is 0.323 e. The molecule has 0 fully saturated rings. The molecule has 0 bridgehead atoms. The molecule has 0 heterocycles. The van der Waals surface area contributed by atoms with Gasteiger partial charge in [0, 0.05) is 0 Å². The van der Waals surface area contributed by atoms with Gasteiger partial charge in [-0.05, 0) is 25.7 Å². The van der Waals surface area contributed by atoms with Gasteiger partial charge in [0.1, 0.15) is 0 Å². The summed E-state index contributed by atoms with van der Waals surface area (Å²) in [6.45, 7) is 9.06. The van der Waals surface area contributed by atoms with E-state index in [4.69, 9.17) is 9.47 Å². The summed E-state index contributed by atoms with van der Waals surface area (Å²) < 4.78 is 11.1. The van der Waals surface area contributed by atoms with Crippen molar-refractivity contribution in [1.29, 1.82) is 0 Å². The Morgan fingerprint density at radius 2 is 0.667 bits per heavy atom. The van der Waals surface area contributed by atoms with Crippen LogP contribution >= 0.6 is 0 Å². The fourth-order valence-electron chi connectivity index (χ4n) is 4.87. The molecule has 4 nitrogen and oxygen atoms in total. The third-order valence-corrected chi connectivity index (χ3v) is 7.70. The van der Waals surface area contributed by atoms with Crippen LogP contribution in [0.2, 0.25) is 0 Å². The normalized spacial score (nSPS) is 11.6. The molecule has 214 valence electrons. The summed E-state index contributed by atoms with van der Waals surface area (Å²) in [7, 11) is 0. The SMILES string of the molecule is CCCCCCCCCCCCCCCCOC(=O)C(CC)(CC)C(=O)OCCCCCCCCC. The minimum absolute atomic E-state index is 0.397. The van der Waals surface area contributed by atoms with Gasteiger partial charge < -0.3 is 9.47 Å². The van der Waals surface area contributed by atoms with Gasteiger partial charge in [-0.2, -0.15) is 0 Å². The maximum absolute atomic E-state index is 12.8. The van der Waals surface area contributed by atoms with Crippen LogP contribution in [0.3, 0.4) is 0 Å². The first kappa shape index (κ1) is 34.9. The van der Waals surface area contributed by atoms with Gasteiger partial charge in [-0.1, -0.05) is 150 Å². The van der Waals surface area contributed by atoms with Gasteiger partial charge >= 0.3 is 11.9 Å². The highest BCUT2D eigenvalue weighted by Gasteiger charge is 2.45. The maximum atomic E-state index is 12.8. The molecule has 0 amide bonds. The lowest BCUT2D eigenvalue weighted by Crippen LogP contribution is -2.41. The highest BCUT2D eigenvalue weighted by atomic mass is 16.6. The third kappa shape index (κ3) is 17.4. The highest BCUT2D eigenvalue weighted by molar-refractivity contribution is 5.99. The van der Waals surface area contributed by atoms with Gasteiger partial charge in [-0.25, -0.2) is 0 Å². The molecule has 0 aromatic rings. The van der Waals surface area contributed by atoms with Crippen LogP contribution in [0.4, 0.5) is 0 Å². The lowest BCUT2D eigenvalue weighted by Gasteiger charge is -2.27. The maximum Gasteiger partial charge on any atom is 0.323 e. The van der Waals surface area contributed by atoms with Crippen molar-refractivity contribution in [2.75, 3.05) is 13.2 Å². The quantitative estimate of drug-likeness (QED) is 0.0626. The first-order valence-corrected chi connectivity index (χ1v) is 15.9. The van der Waals surface area contributed by atoms with Crippen molar-refractivity contribution in [2.45, 2.75) is 175 Å². The molecule has 36 heavy (non-hydrogen) atoms. The Morgan fingerprint density at radius 3 is 0.917 bits per heavy atom. The highest BCUT2D eigenvalue weighted by Crippen LogP contribution is 2.30. The van der Waals surface area contributed by atoms with E-state index in [-0.39, 0.29) is 0 Å². The van der Waals surface area contributed by atoms with Crippen molar-refractivity contribution < 1.29 is 19.1 Å². The van der Waals surface area contributed by atoms with E-state index >= 15 is 0 Å². The summed E-state index contributed by atoms with van der Waals surface area (Å²) in [5.41, 5.74) is -1.14. The van der Waals surface area contributed by atoms with Crippen LogP contribution in [0, 0.1) is 5.41 Å². The van der Waals surface area contributed by atoms with Crippen LogP contribution in [0.1, 0.15) is 175 Å². The Hall–Kier alpha value is -1.06. The minimum Gasteiger partial charge on any atom is -0.465 e. The topological polar surface area (TPSA) is 52.6 Å². The van der Waals surface area contributed by atoms with Crippen LogP contribution in [-0.2, 0) is 19.1 Å². The molecule has 0 saturated carbocycles. The molecule has 0 aromatic carbocycles. The molecule has 0 aliphatic rings. The molecule has 0 saturated heterocycles. The number of esters is 2. The Morgan fingerprint density at radius 1 is 0.417 bits per heavy atom. The van der Waals surface area contributed by atoms with Crippen molar-refractivity contribution >= 4 is 11.9 Å². The van der Waals surface area contributed by atoms with Crippen LogP contribution in [0.15, 0.2) is 0 Å². The number of carbonyl (C=O) groups is 2. The number of carbonyl (C=O) groups excluding carboxylic acids is 2. The van der Waals surface area contributed by atoms with Crippen molar-refractivity contribution in [2.24, 2.45) is 5.41 Å². The molecular formula is C32H62O4. The summed E-state index contributed by atoms with van der Waals surface area (Å²) in [6, 6.07) is 0. The van der Waals surface area contributed by atoms with Crippen LogP contribution in [0.25, 0.3) is 0 Å². The van der Waals surface area contributed by atoms with E-state index in [1.165, 1.54) is 109 Å². The van der Waals surface area contributed by atoms with Gasteiger partial charge in [-0.3, -0.25) is 9.59 Å². The molecule has 0 atom stereocenters. The van der Waals surface area contributed by atoms with E-state index in [1.54, 1.807) is 0 Å². The fraction of sp³-hybridized carbons (Fsp3) is 0.938. The Labute approximate surface area is 225 Å². The Kier molecular flexibility index (Phi) is 24.8. The van der Waals surface area contributed by atoms with Crippen LogP contribution < -0.4 is 0 Å². The second-order valence-electron chi connectivity index (χ2n) is 10.8. The number of rotatable bonds is 27. The molecule has 4 heteroatoms. The number of ether oxygens (including phenoxy) is 2. The molecule has 0 unspecified atom stereocenters. The third-order valence-electron chi connectivity index (χ3n) is 7.70. The average molecular weight is 511 g/mol. The van der Waals surface area contributed by atoms with Gasteiger partial charge in [0.25, 0.3) is 0 Å². The van der Waals surface area contributed by atoms with Gasteiger partial charge in [-0.15, -0.1) is 0 Å². The Bertz CT molecular complexity index is 498. The van der Waals surface area contributed by atoms with Crippen LogP contribution in [-0.4, -0.2) is 25.2 Å². The van der Waals surface area contributed by atoms with E-state index in [1.807, 2.05) is 13.8 Å². The van der Waals surface area contributed by atoms with Crippen molar-refractivity contribution in [3.63, 3.8) is 0 Å². The summed E-state index contributed by atoms with van der Waals surface area (Å²) in [5, 5.41) is 0. The summed E-state index contributed by atoms with van der Waals surface area (Å²) in [5.74, 6) is -0.795. The van der Waals surface area contributed by atoms with E-state index in [0.29, 0.717) is 26.1 Å². The number of unbranched alkanes of at least 4 members (excludes halogenated alkanes) is 19. The first-order chi connectivity index (χ1) is 17.6. The number of hydrogen-bond donors (Lipinski definition) is 0. The average Bonchev–Trinajstić information content (AvgIpc) is 2.89. The fourth-order valence-corrected chi connectivity index (χ4v) is 4.87. The Balaban J connectivity index is 3.87. The largest absolute Gasteiger partial charge is 0.465 e. The van der Waals surface area contributed by atoms with E-state index in [9.17, 15) is 9.59 Å². The summed E-state index contributed by atoms with van der Waals surface area (Å²) in [4.78, 5) is 25.6. The predicted octanol–water partition coefficient (Wildman–Crippen LogP) is 10.1. The number of hydrogen-bond acceptors (Lipinski definition) is 4. The van der Waals surface area contributed by atoms with E-state index in [0.717, 1.165) is 25.7 Å². The molecule has 0 aromatic heterocycles. The zero-order valence-corrected chi connectivity index (χ0v) is 24.8. The second-order valence-corrected chi connectivity index (χ2v) is 10.8. The van der Waals surface area contributed by atoms with Crippen molar-refractivity contribution in [3.05, 3.63) is 0 Å². The zero-order chi connectivity index (χ0) is 26.7. The van der Waals surface area contributed by atoms with Gasteiger partial charge in [0.15, 0.2) is 5.41 Å². The molecule has 0 aliphatic heterocycles. The zero-order valence-electron chi connectivity index (χ0n) is 24.8. The van der Waals surface area contributed by atoms with Gasteiger partial charge in [0.05, 0.1) is 13.2 Å². The summed E-state index contributed by atoms with van der Waals surface area (Å²) >= 11 is 0. The molecule has 0 rings (SSSR count).